The first-order valence-electron chi connectivity index (χ1n) is 10.2. The van der Waals surface area contributed by atoms with E-state index in [1.54, 1.807) is 0 Å². The molecule has 0 spiro atoms. The largest absolute Gasteiger partial charge is 0.368 e. The Kier molecular flexibility index (Phi) is 5.63. The Morgan fingerprint density at radius 2 is 1.66 bits per heavy atom. The molecule has 0 radical (unpaired) electrons. The Bertz CT molecular complexity index is 835. The van der Waals surface area contributed by atoms with Crippen LogP contribution in [-0.2, 0) is 14.4 Å². The second-order valence-corrected chi connectivity index (χ2v) is 8.47. The Morgan fingerprint density at radius 3 is 2.28 bits per heavy atom. The number of allylic oxidation sites excluding steroid dienone is 2. The van der Waals surface area contributed by atoms with Crippen LogP contribution in [-0.4, -0.2) is 60.2 Å². The average molecular weight is 416 g/mol. The maximum Gasteiger partial charge on any atom is 0.233 e. The molecule has 0 saturated carbocycles. The number of halogens is 1. The van der Waals surface area contributed by atoms with Crippen molar-refractivity contribution in [1.29, 1.82) is 0 Å². The quantitative estimate of drug-likeness (QED) is 0.560. The van der Waals surface area contributed by atoms with Gasteiger partial charge in [0.2, 0.25) is 17.7 Å². The number of nitrogens with zero attached hydrogens (tertiary/aromatic N) is 3. The first-order chi connectivity index (χ1) is 14.0. The SMILES string of the molecule is Cc1ccc(Cl)cc1N1CCN(C(=O)CCN2C(=O)[C@@H]3CC=CC[C@H]3C2=O)CC1. The molecule has 2 atom stereocenters. The summed E-state index contributed by atoms with van der Waals surface area (Å²) in [6.45, 7) is 4.98. The van der Waals surface area contributed by atoms with Crippen LogP contribution in [0.25, 0.3) is 0 Å². The van der Waals surface area contributed by atoms with E-state index in [1.807, 2.05) is 35.3 Å². The molecular formula is C22H26ClN3O3. The molecule has 1 aromatic carbocycles. The molecule has 29 heavy (non-hydrogen) atoms. The van der Waals surface area contributed by atoms with Gasteiger partial charge in [0.1, 0.15) is 0 Å². The molecule has 2 aliphatic heterocycles. The smallest absolute Gasteiger partial charge is 0.233 e. The van der Waals surface area contributed by atoms with Crippen LogP contribution in [0.4, 0.5) is 5.69 Å². The molecule has 0 unspecified atom stereocenters. The number of benzene rings is 1. The fourth-order valence-electron chi connectivity index (χ4n) is 4.57. The zero-order valence-corrected chi connectivity index (χ0v) is 17.4. The lowest BCUT2D eigenvalue weighted by molar-refractivity contribution is -0.140. The summed E-state index contributed by atoms with van der Waals surface area (Å²) in [5.41, 5.74) is 2.27. The number of carbonyl (C=O) groups is 3. The van der Waals surface area contributed by atoms with E-state index in [0.29, 0.717) is 31.0 Å². The van der Waals surface area contributed by atoms with Crippen molar-refractivity contribution in [2.75, 3.05) is 37.6 Å². The van der Waals surface area contributed by atoms with E-state index >= 15 is 0 Å². The van der Waals surface area contributed by atoms with Gasteiger partial charge in [-0.05, 0) is 37.5 Å². The normalized spacial score (nSPS) is 24.3. The van der Waals surface area contributed by atoms with Gasteiger partial charge >= 0.3 is 0 Å². The van der Waals surface area contributed by atoms with Gasteiger partial charge in [0.25, 0.3) is 0 Å². The summed E-state index contributed by atoms with van der Waals surface area (Å²) >= 11 is 6.13. The molecular weight excluding hydrogens is 390 g/mol. The van der Waals surface area contributed by atoms with Gasteiger partial charge in [-0.2, -0.15) is 0 Å². The Hall–Kier alpha value is -2.34. The molecule has 0 aromatic heterocycles. The van der Waals surface area contributed by atoms with Crippen molar-refractivity contribution in [3.05, 3.63) is 40.9 Å². The second kappa shape index (κ2) is 8.19. The van der Waals surface area contributed by atoms with E-state index in [1.165, 1.54) is 4.90 Å². The lowest BCUT2D eigenvalue weighted by Crippen LogP contribution is -2.49. The molecule has 6 nitrogen and oxygen atoms in total. The average Bonchev–Trinajstić information content (AvgIpc) is 2.98. The molecule has 2 saturated heterocycles. The highest BCUT2D eigenvalue weighted by Crippen LogP contribution is 2.35. The number of hydrogen-bond acceptors (Lipinski definition) is 4. The molecule has 1 aliphatic carbocycles. The van der Waals surface area contributed by atoms with Crippen molar-refractivity contribution in [1.82, 2.24) is 9.80 Å². The third kappa shape index (κ3) is 3.90. The first-order valence-corrected chi connectivity index (χ1v) is 10.6. The van der Waals surface area contributed by atoms with Crippen LogP contribution in [0.5, 0.6) is 0 Å². The minimum Gasteiger partial charge on any atom is -0.368 e. The van der Waals surface area contributed by atoms with Crippen LogP contribution in [0.1, 0.15) is 24.8 Å². The van der Waals surface area contributed by atoms with Gasteiger partial charge in [-0.15, -0.1) is 0 Å². The molecule has 2 heterocycles. The number of imide groups is 1. The zero-order chi connectivity index (χ0) is 20.5. The molecule has 2 fully saturated rings. The molecule has 3 amide bonds. The third-order valence-electron chi connectivity index (χ3n) is 6.29. The molecule has 3 aliphatic rings. The van der Waals surface area contributed by atoms with Gasteiger partial charge in [0, 0.05) is 49.9 Å². The minimum absolute atomic E-state index is 0.000984. The maximum atomic E-state index is 12.7. The van der Waals surface area contributed by atoms with Crippen molar-refractivity contribution < 1.29 is 14.4 Å². The highest BCUT2D eigenvalue weighted by atomic mass is 35.5. The van der Waals surface area contributed by atoms with Crippen molar-refractivity contribution >= 4 is 35.0 Å². The zero-order valence-electron chi connectivity index (χ0n) is 16.6. The fourth-order valence-corrected chi connectivity index (χ4v) is 4.74. The number of hydrogen-bond donors (Lipinski definition) is 0. The summed E-state index contributed by atoms with van der Waals surface area (Å²) in [5, 5.41) is 0.708. The standard InChI is InChI=1S/C22H26ClN3O3/c1-15-6-7-16(23)14-19(15)24-10-12-25(13-11-24)20(27)8-9-26-21(28)17-4-2-3-5-18(17)22(26)29/h2-3,6-7,14,17-18H,4-5,8-13H2,1H3/t17-,18-/m1/s1. The number of likely N-dealkylation sites (tertiary alicyclic amines) is 1. The van der Waals surface area contributed by atoms with Crippen LogP contribution in [0.3, 0.4) is 0 Å². The molecule has 4 rings (SSSR count). The lowest BCUT2D eigenvalue weighted by atomic mass is 9.85. The van der Waals surface area contributed by atoms with Gasteiger partial charge in [0.15, 0.2) is 0 Å². The van der Waals surface area contributed by atoms with Crippen LogP contribution >= 0.6 is 11.6 Å². The second-order valence-electron chi connectivity index (χ2n) is 8.03. The first kappa shape index (κ1) is 20.0. The lowest BCUT2D eigenvalue weighted by Gasteiger charge is -2.37. The van der Waals surface area contributed by atoms with Crippen LogP contribution in [0, 0.1) is 18.8 Å². The summed E-state index contributed by atoms with van der Waals surface area (Å²) in [6.07, 6.45) is 5.40. The van der Waals surface area contributed by atoms with E-state index in [0.717, 1.165) is 24.3 Å². The Morgan fingerprint density at radius 1 is 1.03 bits per heavy atom. The summed E-state index contributed by atoms with van der Waals surface area (Å²) < 4.78 is 0. The van der Waals surface area contributed by atoms with E-state index in [-0.39, 0.29) is 42.5 Å². The monoisotopic (exact) mass is 415 g/mol. The number of rotatable bonds is 4. The molecule has 1 aromatic rings. The van der Waals surface area contributed by atoms with Gasteiger partial charge in [-0.1, -0.05) is 29.8 Å². The number of anilines is 1. The van der Waals surface area contributed by atoms with Gasteiger partial charge in [-0.3, -0.25) is 19.3 Å². The Balaban J connectivity index is 1.30. The number of aryl methyl sites for hydroxylation is 1. The summed E-state index contributed by atoms with van der Waals surface area (Å²) in [7, 11) is 0. The van der Waals surface area contributed by atoms with Crippen LogP contribution in [0.2, 0.25) is 5.02 Å². The van der Waals surface area contributed by atoms with Gasteiger partial charge < -0.3 is 9.80 Å². The van der Waals surface area contributed by atoms with Crippen LogP contribution in [0.15, 0.2) is 30.4 Å². The topological polar surface area (TPSA) is 60.9 Å². The third-order valence-corrected chi connectivity index (χ3v) is 6.53. The van der Waals surface area contributed by atoms with Crippen molar-refractivity contribution in [3.63, 3.8) is 0 Å². The molecule has 0 N–H and O–H groups in total. The van der Waals surface area contributed by atoms with E-state index < -0.39 is 0 Å². The molecule has 154 valence electrons. The molecule has 7 heteroatoms. The fraction of sp³-hybridized carbons (Fsp3) is 0.500. The number of carbonyl (C=O) groups excluding carboxylic acids is 3. The number of amides is 3. The molecule has 0 bridgehead atoms. The highest BCUT2D eigenvalue weighted by Gasteiger charge is 2.47. The number of piperazine rings is 1. The predicted molar refractivity (Wildman–Crippen MR) is 112 cm³/mol. The van der Waals surface area contributed by atoms with Crippen LogP contribution < -0.4 is 4.90 Å². The summed E-state index contributed by atoms with van der Waals surface area (Å²) in [4.78, 5) is 43.1. The maximum absolute atomic E-state index is 12.7. The number of fused-ring (bicyclic) bond motifs is 1. The highest BCUT2D eigenvalue weighted by molar-refractivity contribution is 6.30. The van der Waals surface area contributed by atoms with E-state index in [2.05, 4.69) is 11.8 Å². The van der Waals surface area contributed by atoms with E-state index in [4.69, 9.17) is 11.6 Å². The minimum atomic E-state index is -0.230. The Labute approximate surface area is 176 Å². The van der Waals surface area contributed by atoms with Crippen molar-refractivity contribution in [3.8, 4) is 0 Å². The van der Waals surface area contributed by atoms with Crippen molar-refractivity contribution in [2.24, 2.45) is 11.8 Å². The van der Waals surface area contributed by atoms with Gasteiger partial charge in [-0.25, -0.2) is 0 Å². The van der Waals surface area contributed by atoms with Crippen molar-refractivity contribution in [2.45, 2.75) is 26.2 Å². The summed E-state index contributed by atoms with van der Waals surface area (Å²) in [5.74, 6) is -0.683. The van der Waals surface area contributed by atoms with Gasteiger partial charge in [0.05, 0.1) is 11.8 Å². The summed E-state index contributed by atoms with van der Waals surface area (Å²) in [6, 6.07) is 5.85. The van der Waals surface area contributed by atoms with E-state index in [9.17, 15) is 14.4 Å². The predicted octanol–water partition coefficient (Wildman–Crippen LogP) is 2.64.